The van der Waals surface area contributed by atoms with Crippen LogP contribution in [0, 0.1) is 0 Å². The Balaban J connectivity index is 1.85. The zero-order valence-corrected chi connectivity index (χ0v) is 12.8. The Bertz CT molecular complexity index is 584. The molecule has 2 aromatic rings. The fraction of sp³-hybridized carbons (Fsp3) is 0.312. The number of rotatable bonds is 7. The van der Waals surface area contributed by atoms with Gasteiger partial charge in [-0.25, -0.2) is 0 Å². The van der Waals surface area contributed by atoms with E-state index >= 15 is 0 Å². The molecule has 2 atom stereocenters. The lowest BCUT2D eigenvalue weighted by atomic mass is 10.1. The van der Waals surface area contributed by atoms with Crippen molar-refractivity contribution in [3.8, 4) is 0 Å². The quantitative estimate of drug-likeness (QED) is 0.735. The molecule has 112 valence electrons. The first kappa shape index (κ1) is 15.7. The van der Waals surface area contributed by atoms with E-state index < -0.39 is 12.0 Å². The average molecular weight is 304 g/mol. The number of thiophene rings is 1. The van der Waals surface area contributed by atoms with Crippen molar-refractivity contribution in [2.24, 2.45) is 5.73 Å². The average Bonchev–Trinajstić information content (AvgIpc) is 2.99. The van der Waals surface area contributed by atoms with Gasteiger partial charge in [0, 0.05) is 23.0 Å². The maximum atomic E-state index is 11.1. The van der Waals surface area contributed by atoms with E-state index in [1.54, 1.807) is 23.5 Å². The van der Waals surface area contributed by atoms with Crippen LogP contribution in [0.4, 0.5) is 0 Å². The van der Waals surface area contributed by atoms with Crippen LogP contribution in [0.3, 0.4) is 0 Å². The molecule has 0 aliphatic heterocycles. The van der Waals surface area contributed by atoms with Gasteiger partial charge in [-0.2, -0.15) is 0 Å². The van der Waals surface area contributed by atoms with Crippen LogP contribution in [0.2, 0.25) is 0 Å². The lowest BCUT2D eigenvalue weighted by molar-refractivity contribution is 0.1000. The molecule has 0 saturated carbocycles. The number of hydrogen-bond donors (Lipinski definition) is 3. The van der Waals surface area contributed by atoms with Gasteiger partial charge in [-0.15, -0.1) is 11.3 Å². The first-order valence-corrected chi connectivity index (χ1v) is 7.78. The van der Waals surface area contributed by atoms with E-state index in [1.165, 1.54) is 0 Å². The van der Waals surface area contributed by atoms with Gasteiger partial charge in [0.15, 0.2) is 0 Å². The van der Waals surface area contributed by atoms with E-state index in [0.717, 1.165) is 10.4 Å². The Morgan fingerprint density at radius 2 is 2.19 bits per heavy atom. The molecule has 1 aromatic heterocycles. The predicted molar refractivity (Wildman–Crippen MR) is 85.2 cm³/mol. The zero-order valence-electron chi connectivity index (χ0n) is 12.0. The zero-order chi connectivity index (χ0) is 15.2. The van der Waals surface area contributed by atoms with Crippen molar-refractivity contribution in [1.29, 1.82) is 0 Å². The third kappa shape index (κ3) is 4.67. The highest BCUT2D eigenvalue weighted by molar-refractivity contribution is 7.10. The minimum absolute atomic E-state index is 0.166. The predicted octanol–water partition coefficient (Wildman–Crippen LogP) is 2.45. The van der Waals surface area contributed by atoms with Crippen LogP contribution in [-0.2, 0) is 6.54 Å². The number of primary amides is 1. The van der Waals surface area contributed by atoms with Crippen LogP contribution in [0.5, 0.6) is 0 Å². The normalized spacial score (nSPS) is 13.8. The first-order valence-electron chi connectivity index (χ1n) is 6.90. The summed E-state index contributed by atoms with van der Waals surface area (Å²) in [5.41, 5.74) is 6.79. The number of benzene rings is 1. The van der Waals surface area contributed by atoms with Gasteiger partial charge in [0.1, 0.15) is 0 Å². The molecule has 21 heavy (non-hydrogen) atoms. The monoisotopic (exact) mass is 304 g/mol. The summed E-state index contributed by atoms with van der Waals surface area (Å²) in [6.45, 7) is 2.67. The van der Waals surface area contributed by atoms with Crippen LogP contribution in [0.25, 0.3) is 0 Å². The highest BCUT2D eigenvalue weighted by Crippen LogP contribution is 2.22. The maximum Gasteiger partial charge on any atom is 0.248 e. The number of aliphatic hydroxyl groups excluding tert-OH is 1. The summed E-state index contributed by atoms with van der Waals surface area (Å²) >= 11 is 1.56. The standard InChI is InChI=1S/C16H20N2O2S/c1-11(8-14(19)15-6-3-7-21-15)18-10-12-4-2-5-13(9-12)16(17)20/h2-7,9,11,14,18-19H,8,10H2,1H3,(H2,17,20). The molecule has 1 amide bonds. The minimum atomic E-state index is -0.440. The molecule has 0 fully saturated rings. The Morgan fingerprint density at radius 3 is 2.86 bits per heavy atom. The van der Waals surface area contributed by atoms with Gasteiger partial charge in [-0.1, -0.05) is 18.2 Å². The van der Waals surface area contributed by atoms with Gasteiger partial charge in [-0.05, 0) is 42.5 Å². The molecule has 0 bridgehead atoms. The van der Waals surface area contributed by atoms with Gasteiger partial charge in [0.05, 0.1) is 6.10 Å². The fourth-order valence-electron chi connectivity index (χ4n) is 2.14. The Labute approximate surface area is 128 Å². The van der Waals surface area contributed by atoms with Crippen LogP contribution >= 0.6 is 11.3 Å². The van der Waals surface area contributed by atoms with Gasteiger partial charge in [0.2, 0.25) is 5.91 Å². The van der Waals surface area contributed by atoms with Crippen molar-refractivity contribution in [1.82, 2.24) is 5.32 Å². The molecule has 0 aliphatic carbocycles. The van der Waals surface area contributed by atoms with Crippen LogP contribution < -0.4 is 11.1 Å². The number of nitrogens with one attached hydrogen (secondary N) is 1. The van der Waals surface area contributed by atoms with Crippen molar-refractivity contribution in [2.75, 3.05) is 0 Å². The molecule has 0 spiro atoms. The molecular formula is C16H20N2O2S. The van der Waals surface area contributed by atoms with E-state index in [-0.39, 0.29) is 6.04 Å². The molecule has 0 saturated heterocycles. The Morgan fingerprint density at radius 1 is 1.38 bits per heavy atom. The summed E-state index contributed by atoms with van der Waals surface area (Å²) in [5.74, 6) is -0.419. The second-order valence-corrected chi connectivity index (χ2v) is 6.09. The molecular weight excluding hydrogens is 284 g/mol. The fourth-order valence-corrected chi connectivity index (χ4v) is 2.87. The highest BCUT2D eigenvalue weighted by Gasteiger charge is 2.13. The van der Waals surface area contributed by atoms with Crippen LogP contribution in [0.1, 0.15) is 40.2 Å². The first-order chi connectivity index (χ1) is 10.1. The number of hydrogen-bond acceptors (Lipinski definition) is 4. The van der Waals surface area contributed by atoms with E-state index in [2.05, 4.69) is 5.32 Å². The van der Waals surface area contributed by atoms with Gasteiger partial charge < -0.3 is 16.2 Å². The van der Waals surface area contributed by atoms with Gasteiger partial charge >= 0.3 is 0 Å². The molecule has 5 heteroatoms. The summed E-state index contributed by atoms with van der Waals surface area (Å²) in [4.78, 5) is 12.1. The molecule has 4 nitrogen and oxygen atoms in total. The van der Waals surface area contributed by atoms with Crippen molar-refractivity contribution in [3.05, 3.63) is 57.8 Å². The summed E-state index contributed by atoms with van der Waals surface area (Å²) in [6.07, 6.45) is 0.209. The third-order valence-electron chi connectivity index (χ3n) is 3.31. The lowest BCUT2D eigenvalue weighted by Crippen LogP contribution is -2.27. The van der Waals surface area contributed by atoms with Crippen LogP contribution in [0.15, 0.2) is 41.8 Å². The smallest absolute Gasteiger partial charge is 0.248 e. The van der Waals surface area contributed by atoms with Crippen molar-refractivity contribution >= 4 is 17.2 Å². The van der Waals surface area contributed by atoms with Crippen molar-refractivity contribution in [2.45, 2.75) is 32.0 Å². The van der Waals surface area contributed by atoms with Gasteiger partial charge in [0.25, 0.3) is 0 Å². The second kappa shape index (κ2) is 7.36. The lowest BCUT2D eigenvalue weighted by Gasteiger charge is -2.17. The molecule has 4 N–H and O–H groups in total. The van der Waals surface area contributed by atoms with E-state index in [0.29, 0.717) is 18.5 Å². The number of carbonyl (C=O) groups is 1. The molecule has 0 radical (unpaired) electrons. The number of nitrogens with two attached hydrogens (primary N) is 1. The molecule has 1 aromatic carbocycles. The Kier molecular flexibility index (Phi) is 5.50. The summed E-state index contributed by atoms with van der Waals surface area (Å²) in [6, 6.07) is 11.3. The summed E-state index contributed by atoms with van der Waals surface area (Å²) in [5, 5.41) is 15.4. The third-order valence-corrected chi connectivity index (χ3v) is 4.29. The maximum absolute atomic E-state index is 11.1. The Hall–Kier alpha value is -1.69. The van der Waals surface area contributed by atoms with Crippen molar-refractivity contribution < 1.29 is 9.90 Å². The minimum Gasteiger partial charge on any atom is -0.388 e. The topological polar surface area (TPSA) is 75.3 Å². The van der Waals surface area contributed by atoms with E-state index in [9.17, 15) is 9.90 Å². The largest absolute Gasteiger partial charge is 0.388 e. The second-order valence-electron chi connectivity index (χ2n) is 5.11. The van der Waals surface area contributed by atoms with Crippen molar-refractivity contribution in [3.63, 3.8) is 0 Å². The number of amides is 1. The number of aliphatic hydroxyl groups is 1. The van der Waals surface area contributed by atoms with Crippen LogP contribution in [-0.4, -0.2) is 17.1 Å². The molecule has 2 unspecified atom stereocenters. The van der Waals surface area contributed by atoms with E-state index in [1.807, 2.05) is 36.6 Å². The summed E-state index contributed by atoms with van der Waals surface area (Å²) in [7, 11) is 0. The summed E-state index contributed by atoms with van der Waals surface area (Å²) < 4.78 is 0. The number of carbonyl (C=O) groups excluding carboxylic acids is 1. The SMILES string of the molecule is CC(CC(O)c1cccs1)NCc1cccc(C(N)=O)c1. The molecule has 0 aliphatic rings. The molecule has 2 rings (SSSR count). The highest BCUT2D eigenvalue weighted by atomic mass is 32.1. The van der Waals surface area contributed by atoms with Gasteiger partial charge in [-0.3, -0.25) is 4.79 Å². The van der Waals surface area contributed by atoms with E-state index in [4.69, 9.17) is 5.73 Å². The molecule has 1 heterocycles.